The van der Waals surface area contributed by atoms with E-state index in [0.717, 1.165) is 5.57 Å². The van der Waals surface area contributed by atoms with E-state index in [2.05, 4.69) is 0 Å². The molecular formula is C32H28Cl2O11. The lowest BCUT2D eigenvalue weighted by Gasteiger charge is -2.17. The highest BCUT2D eigenvalue weighted by molar-refractivity contribution is 6.39. The Kier molecular flexibility index (Phi) is 9.55. The highest BCUT2D eigenvalue weighted by atomic mass is 35.5. The molecule has 1 aliphatic heterocycles. The standard InChI is InChI=1S/C18H14Cl2O7.C14H14O4/c1-5-9-16(11(20)13(22)10(5)19)26-14-6(2)8(17(23)25-4)12(21)7(3)15(14)27-18(9)24;1-9(2)5-6-17-13-8-12-10(7-11(13)15)3-4-14(16)18-12/h21-22H,1-4H3;3-5,7-8,15H,6H2,1-2H3. The van der Waals surface area contributed by atoms with Crippen molar-refractivity contribution < 1.29 is 48.3 Å². The minimum absolute atomic E-state index is 0.0131. The Bertz CT molecular complexity index is 1950. The van der Waals surface area contributed by atoms with Crippen molar-refractivity contribution in [3.63, 3.8) is 0 Å². The van der Waals surface area contributed by atoms with E-state index in [9.17, 15) is 29.7 Å². The highest BCUT2D eigenvalue weighted by Gasteiger charge is 2.35. The lowest BCUT2D eigenvalue weighted by Crippen LogP contribution is -2.11. The predicted octanol–water partition coefficient (Wildman–Crippen LogP) is 7.28. The van der Waals surface area contributed by atoms with Gasteiger partial charge in [-0.25, -0.2) is 14.4 Å². The van der Waals surface area contributed by atoms with Crippen molar-refractivity contribution in [2.24, 2.45) is 0 Å². The summed E-state index contributed by atoms with van der Waals surface area (Å²) in [5.41, 5.74) is 1.36. The molecule has 0 bridgehead atoms. The van der Waals surface area contributed by atoms with Crippen molar-refractivity contribution in [3.8, 4) is 40.2 Å². The van der Waals surface area contributed by atoms with Gasteiger partial charge in [0.1, 0.15) is 34.1 Å². The zero-order chi connectivity index (χ0) is 33.3. The van der Waals surface area contributed by atoms with E-state index in [1.165, 1.54) is 46.1 Å². The number of phenolic OH excluding ortho intramolecular Hbond substituents is 3. The summed E-state index contributed by atoms with van der Waals surface area (Å²) in [5.74, 6) is -2.41. The van der Waals surface area contributed by atoms with Gasteiger partial charge >= 0.3 is 17.6 Å². The maximum absolute atomic E-state index is 12.7. The average molecular weight is 659 g/mol. The van der Waals surface area contributed by atoms with Gasteiger partial charge < -0.3 is 38.7 Å². The number of methoxy groups -OCH3 is 1. The van der Waals surface area contributed by atoms with Crippen LogP contribution in [0.1, 0.15) is 51.3 Å². The smallest absolute Gasteiger partial charge is 0.347 e. The molecule has 0 saturated carbocycles. The molecule has 0 unspecified atom stereocenters. The summed E-state index contributed by atoms with van der Waals surface area (Å²) in [5, 5.41) is 30.5. The zero-order valence-corrected chi connectivity index (χ0v) is 26.5. The molecule has 3 aromatic carbocycles. The van der Waals surface area contributed by atoms with Crippen molar-refractivity contribution in [3.05, 3.63) is 84.2 Å². The van der Waals surface area contributed by atoms with Crippen LogP contribution in [0.4, 0.5) is 0 Å². The number of aromatic hydroxyl groups is 3. The van der Waals surface area contributed by atoms with Crippen LogP contribution in [0.25, 0.3) is 11.0 Å². The Morgan fingerprint density at radius 3 is 2.20 bits per heavy atom. The summed E-state index contributed by atoms with van der Waals surface area (Å²) in [6.45, 7) is 8.71. The quantitative estimate of drug-likeness (QED) is 0.0873. The Balaban J connectivity index is 0.000000222. The molecular weight excluding hydrogens is 631 g/mol. The number of hydrogen-bond acceptors (Lipinski definition) is 11. The fourth-order valence-corrected chi connectivity index (χ4v) is 4.85. The van der Waals surface area contributed by atoms with Crippen LogP contribution in [0.3, 0.4) is 0 Å². The first-order chi connectivity index (χ1) is 21.2. The van der Waals surface area contributed by atoms with E-state index in [1.54, 1.807) is 6.07 Å². The number of rotatable bonds is 4. The second kappa shape index (κ2) is 13.0. The molecule has 1 aliphatic rings. The third-order valence-corrected chi connectivity index (χ3v) is 7.64. The summed E-state index contributed by atoms with van der Waals surface area (Å²) in [7, 11) is 1.17. The van der Waals surface area contributed by atoms with Crippen LogP contribution >= 0.6 is 23.2 Å². The lowest BCUT2D eigenvalue weighted by atomic mass is 10.0. The number of phenols is 3. The molecule has 0 radical (unpaired) electrons. The van der Waals surface area contributed by atoms with E-state index in [4.69, 9.17) is 46.6 Å². The molecule has 13 heteroatoms. The second-order valence-corrected chi connectivity index (χ2v) is 10.9. The molecule has 0 fully saturated rings. The summed E-state index contributed by atoms with van der Waals surface area (Å²) < 4.78 is 26.3. The van der Waals surface area contributed by atoms with Crippen molar-refractivity contribution in [1.82, 2.24) is 0 Å². The van der Waals surface area contributed by atoms with E-state index in [-0.39, 0.29) is 60.9 Å². The van der Waals surface area contributed by atoms with E-state index < -0.39 is 29.1 Å². The van der Waals surface area contributed by atoms with E-state index >= 15 is 0 Å². The molecule has 236 valence electrons. The van der Waals surface area contributed by atoms with Gasteiger partial charge in [0.05, 0.1) is 12.1 Å². The molecule has 1 aromatic heterocycles. The van der Waals surface area contributed by atoms with Gasteiger partial charge in [-0.2, -0.15) is 0 Å². The van der Waals surface area contributed by atoms with Crippen molar-refractivity contribution in [1.29, 1.82) is 0 Å². The minimum atomic E-state index is -0.835. The van der Waals surface area contributed by atoms with Crippen molar-refractivity contribution >= 4 is 46.1 Å². The largest absolute Gasteiger partial charge is 0.507 e. The second-order valence-electron chi connectivity index (χ2n) is 10.1. The van der Waals surface area contributed by atoms with Gasteiger partial charge in [0.15, 0.2) is 34.5 Å². The maximum atomic E-state index is 12.7. The topological polar surface area (TPSA) is 162 Å². The van der Waals surface area contributed by atoms with E-state index in [0.29, 0.717) is 23.3 Å². The molecule has 5 rings (SSSR count). The van der Waals surface area contributed by atoms with Crippen LogP contribution < -0.4 is 19.8 Å². The first-order valence-corrected chi connectivity index (χ1v) is 14.0. The normalized spacial score (nSPS) is 11.6. The van der Waals surface area contributed by atoms with Gasteiger partial charge in [-0.1, -0.05) is 28.8 Å². The SMILES string of the molecule is CC(C)=CCOc1cc2oc(=O)ccc2cc1O.COC(=O)c1c(C)c2c(c(C)c1O)OC(=O)c1c(C)c(Cl)c(O)c(Cl)c1O2. The van der Waals surface area contributed by atoms with Crippen LogP contribution in [0.5, 0.6) is 40.2 Å². The first-order valence-electron chi connectivity index (χ1n) is 13.3. The minimum Gasteiger partial charge on any atom is -0.507 e. The number of allylic oxidation sites excluding steroid dienone is 1. The van der Waals surface area contributed by atoms with Crippen molar-refractivity contribution in [2.75, 3.05) is 13.7 Å². The van der Waals surface area contributed by atoms with Gasteiger partial charge in [-0.3, -0.25) is 0 Å². The van der Waals surface area contributed by atoms with E-state index in [1.807, 2.05) is 19.9 Å². The number of carbonyl (C=O) groups is 2. The maximum Gasteiger partial charge on any atom is 0.347 e. The van der Waals surface area contributed by atoms with Gasteiger partial charge in [0.25, 0.3) is 0 Å². The molecule has 0 atom stereocenters. The van der Waals surface area contributed by atoms with Gasteiger partial charge in [-0.05, 0) is 58.4 Å². The molecule has 0 amide bonds. The van der Waals surface area contributed by atoms with Gasteiger partial charge in [0.2, 0.25) is 0 Å². The number of hydrogen-bond donors (Lipinski definition) is 3. The first kappa shape index (κ1) is 33.0. The summed E-state index contributed by atoms with van der Waals surface area (Å²) in [6.07, 6.45) is 1.89. The van der Waals surface area contributed by atoms with Crippen molar-refractivity contribution in [2.45, 2.75) is 34.6 Å². The summed E-state index contributed by atoms with van der Waals surface area (Å²) >= 11 is 12.2. The lowest BCUT2D eigenvalue weighted by molar-refractivity contribution is 0.0596. The third-order valence-electron chi connectivity index (χ3n) is 6.82. The molecule has 11 nitrogen and oxygen atoms in total. The van der Waals surface area contributed by atoms with Crippen LogP contribution in [0.2, 0.25) is 10.0 Å². The molecule has 45 heavy (non-hydrogen) atoms. The Morgan fingerprint density at radius 2 is 1.56 bits per heavy atom. The number of fused-ring (bicyclic) bond motifs is 3. The summed E-state index contributed by atoms with van der Waals surface area (Å²) in [6, 6.07) is 5.94. The molecule has 0 spiro atoms. The molecule has 3 N–H and O–H groups in total. The molecule has 2 heterocycles. The number of esters is 2. The Labute approximate surface area is 266 Å². The van der Waals surface area contributed by atoms with Gasteiger partial charge in [-0.15, -0.1) is 0 Å². The zero-order valence-electron chi connectivity index (χ0n) is 25.0. The predicted molar refractivity (Wildman–Crippen MR) is 166 cm³/mol. The monoisotopic (exact) mass is 658 g/mol. The fourth-order valence-electron chi connectivity index (χ4n) is 4.38. The molecule has 0 saturated heterocycles. The Morgan fingerprint density at radius 1 is 0.889 bits per heavy atom. The Hall–Kier alpha value is -4.87. The highest BCUT2D eigenvalue weighted by Crippen LogP contribution is 2.52. The number of benzene rings is 3. The number of halogens is 2. The summed E-state index contributed by atoms with van der Waals surface area (Å²) in [4.78, 5) is 35.9. The molecule has 0 aliphatic carbocycles. The van der Waals surface area contributed by atoms with Crippen LogP contribution in [0, 0.1) is 20.8 Å². The van der Waals surface area contributed by atoms with Crippen LogP contribution in [0.15, 0.2) is 45.1 Å². The van der Waals surface area contributed by atoms with Gasteiger partial charge in [0, 0.05) is 28.6 Å². The number of carbonyl (C=O) groups excluding carboxylic acids is 2. The average Bonchev–Trinajstić information content (AvgIpc) is 3.15. The fraction of sp³-hybridized carbons (Fsp3) is 0.219. The molecule has 4 aromatic rings. The van der Waals surface area contributed by atoms with Crippen LogP contribution in [-0.4, -0.2) is 41.0 Å². The number of ether oxygens (including phenoxy) is 4. The van der Waals surface area contributed by atoms with Crippen LogP contribution in [-0.2, 0) is 4.74 Å². The third kappa shape index (κ3) is 6.36.